The quantitative estimate of drug-likeness (QED) is 0.583. The van der Waals surface area contributed by atoms with Crippen molar-refractivity contribution in [3.05, 3.63) is 70.0 Å². The number of nitrogens with one attached hydrogen (secondary N) is 1. The van der Waals surface area contributed by atoms with E-state index in [1.807, 2.05) is 48.5 Å². The van der Waals surface area contributed by atoms with Crippen molar-refractivity contribution in [3.63, 3.8) is 0 Å². The van der Waals surface area contributed by atoms with Gasteiger partial charge in [-0.1, -0.05) is 54.1 Å². The number of rotatable bonds is 3. The summed E-state index contributed by atoms with van der Waals surface area (Å²) in [5.41, 5.74) is 1.75. The summed E-state index contributed by atoms with van der Waals surface area (Å²) in [5, 5.41) is 11.9. The highest BCUT2D eigenvalue weighted by atomic mass is 35.5. The summed E-state index contributed by atoms with van der Waals surface area (Å²) in [6.45, 7) is 0. The zero-order valence-corrected chi connectivity index (χ0v) is 12.5. The summed E-state index contributed by atoms with van der Waals surface area (Å²) in [7, 11) is 0. The maximum absolute atomic E-state index is 6.20. The molecule has 0 aliphatic rings. The minimum absolute atomic E-state index is 0.414. The van der Waals surface area contributed by atoms with Gasteiger partial charge >= 0.3 is 0 Å². The van der Waals surface area contributed by atoms with Crippen LogP contribution in [-0.4, -0.2) is 21.1 Å². The van der Waals surface area contributed by atoms with Gasteiger partial charge in [0, 0.05) is 5.56 Å². The smallest absolute Gasteiger partial charge is 0.216 e. The second kappa shape index (κ2) is 6.03. The van der Waals surface area contributed by atoms with Crippen molar-refractivity contribution in [3.8, 4) is 11.4 Å². The number of H-pyrrole nitrogens is 1. The number of hydrogen-bond donors (Lipinski definition) is 1. The van der Waals surface area contributed by atoms with Gasteiger partial charge in [0.1, 0.15) is 0 Å². The van der Waals surface area contributed by atoms with E-state index in [2.05, 4.69) is 15.3 Å². The van der Waals surface area contributed by atoms with Crippen LogP contribution >= 0.6 is 23.8 Å². The molecule has 4 nitrogen and oxygen atoms in total. The Morgan fingerprint density at radius 1 is 1.10 bits per heavy atom. The number of nitrogens with zero attached hydrogens (tertiary/aromatic N) is 3. The summed E-state index contributed by atoms with van der Waals surface area (Å²) in [5.74, 6) is 0.581. The van der Waals surface area contributed by atoms with E-state index in [1.165, 1.54) is 0 Å². The molecular formula is C15H11ClN4S. The molecule has 0 aliphatic heterocycles. The lowest BCUT2D eigenvalue weighted by Gasteiger charge is -2.02. The van der Waals surface area contributed by atoms with Gasteiger partial charge in [-0.25, -0.2) is 5.10 Å². The Morgan fingerprint density at radius 2 is 1.81 bits per heavy atom. The molecule has 0 atom stereocenters. The van der Waals surface area contributed by atoms with Crippen LogP contribution in [0.2, 0.25) is 5.02 Å². The van der Waals surface area contributed by atoms with E-state index >= 15 is 0 Å². The fourth-order valence-electron chi connectivity index (χ4n) is 1.88. The van der Waals surface area contributed by atoms with E-state index in [4.69, 9.17) is 23.8 Å². The van der Waals surface area contributed by atoms with Crippen molar-refractivity contribution in [2.45, 2.75) is 0 Å². The van der Waals surface area contributed by atoms with Crippen molar-refractivity contribution >= 4 is 30.0 Å². The van der Waals surface area contributed by atoms with E-state index in [-0.39, 0.29) is 0 Å². The van der Waals surface area contributed by atoms with Gasteiger partial charge in [0.25, 0.3) is 0 Å². The van der Waals surface area contributed by atoms with E-state index in [0.717, 1.165) is 11.1 Å². The first-order chi connectivity index (χ1) is 10.3. The topological polar surface area (TPSA) is 46.0 Å². The highest BCUT2D eigenvalue weighted by Crippen LogP contribution is 2.25. The Labute approximate surface area is 131 Å². The monoisotopic (exact) mass is 314 g/mol. The second-order valence-electron chi connectivity index (χ2n) is 4.30. The third-order valence-corrected chi connectivity index (χ3v) is 3.48. The molecule has 0 radical (unpaired) electrons. The van der Waals surface area contributed by atoms with Gasteiger partial charge in [0.15, 0.2) is 5.82 Å². The highest BCUT2D eigenvalue weighted by molar-refractivity contribution is 7.71. The summed E-state index contributed by atoms with van der Waals surface area (Å²) in [6, 6.07) is 17.2. The maximum atomic E-state index is 6.20. The van der Waals surface area contributed by atoms with Crippen LogP contribution < -0.4 is 0 Å². The van der Waals surface area contributed by atoms with Crippen LogP contribution in [0.1, 0.15) is 5.56 Å². The van der Waals surface area contributed by atoms with Crippen LogP contribution in [0.25, 0.3) is 11.4 Å². The first-order valence-electron chi connectivity index (χ1n) is 6.27. The molecule has 1 aromatic heterocycles. The first kappa shape index (κ1) is 13.7. The molecule has 104 valence electrons. The fraction of sp³-hybridized carbons (Fsp3) is 0. The molecule has 0 spiro atoms. The third-order valence-electron chi connectivity index (χ3n) is 2.89. The van der Waals surface area contributed by atoms with Crippen molar-refractivity contribution in [2.75, 3.05) is 0 Å². The van der Waals surface area contributed by atoms with Gasteiger partial charge < -0.3 is 0 Å². The molecular weight excluding hydrogens is 304 g/mol. The Bertz CT molecular complexity index is 836. The third kappa shape index (κ3) is 2.94. The number of aromatic amines is 1. The predicted molar refractivity (Wildman–Crippen MR) is 87.3 cm³/mol. The van der Waals surface area contributed by atoms with Crippen LogP contribution in [0.4, 0.5) is 0 Å². The molecule has 1 N–H and O–H groups in total. The highest BCUT2D eigenvalue weighted by Gasteiger charge is 2.10. The molecule has 1 heterocycles. The minimum atomic E-state index is 0.414. The number of halogens is 1. The Hall–Kier alpha value is -2.24. The molecule has 6 heteroatoms. The van der Waals surface area contributed by atoms with Crippen molar-refractivity contribution < 1.29 is 0 Å². The zero-order valence-electron chi connectivity index (χ0n) is 10.9. The van der Waals surface area contributed by atoms with Gasteiger partial charge in [-0.15, -0.1) is 0 Å². The Balaban J connectivity index is 2.05. The molecule has 3 rings (SSSR count). The first-order valence-corrected chi connectivity index (χ1v) is 7.06. The van der Waals surface area contributed by atoms with Gasteiger partial charge in [0.2, 0.25) is 4.77 Å². The predicted octanol–water partition coefficient (Wildman–Crippen LogP) is 4.14. The minimum Gasteiger partial charge on any atom is -0.250 e. The van der Waals surface area contributed by atoms with Crippen molar-refractivity contribution in [2.24, 2.45) is 5.10 Å². The van der Waals surface area contributed by atoms with Gasteiger partial charge in [0.05, 0.1) is 11.2 Å². The Kier molecular flexibility index (Phi) is 3.94. The van der Waals surface area contributed by atoms with E-state index in [0.29, 0.717) is 15.6 Å². The van der Waals surface area contributed by atoms with Gasteiger partial charge in [-0.05, 0) is 29.9 Å². The largest absolute Gasteiger partial charge is 0.250 e. The second-order valence-corrected chi connectivity index (χ2v) is 5.09. The lowest BCUT2D eigenvalue weighted by atomic mass is 10.2. The van der Waals surface area contributed by atoms with Crippen LogP contribution in [-0.2, 0) is 0 Å². The average Bonchev–Trinajstić information content (AvgIpc) is 2.88. The standard InChI is InChI=1S/C15H11ClN4S/c16-13-9-5-4-8-12(13)14-18-19-15(21)20(14)17-10-11-6-2-1-3-7-11/h1-10H,(H,19,21)/b17-10-. The van der Waals surface area contributed by atoms with Crippen LogP contribution in [0, 0.1) is 4.77 Å². The average molecular weight is 315 g/mol. The molecule has 2 aromatic carbocycles. The van der Waals surface area contributed by atoms with Gasteiger partial charge in [-0.3, -0.25) is 0 Å². The molecule has 0 amide bonds. The van der Waals surface area contributed by atoms with Crippen LogP contribution in [0.3, 0.4) is 0 Å². The zero-order chi connectivity index (χ0) is 14.7. The SMILES string of the molecule is S=c1[nH]nc(-c2ccccc2Cl)n1/N=C\c1ccccc1. The number of aromatic nitrogens is 3. The molecule has 0 bridgehead atoms. The number of benzene rings is 2. The molecule has 0 aliphatic carbocycles. The normalized spacial score (nSPS) is 11.1. The lowest BCUT2D eigenvalue weighted by molar-refractivity contribution is 0.871. The molecule has 0 saturated carbocycles. The molecule has 3 aromatic rings. The van der Waals surface area contributed by atoms with Crippen molar-refractivity contribution in [1.29, 1.82) is 0 Å². The molecule has 0 saturated heterocycles. The molecule has 0 fully saturated rings. The molecule has 21 heavy (non-hydrogen) atoms. The summed E-state index contributed by atoms with van der Waals surface area (Å²) < 4.78 is 1.97. The van der Waals surface area contributed by atoms with Crippen molar-refractivity contribution in [1.82, 2.24) is 14.9 Å². The summed E-state index contributed by atoms with van der Waals surface area (Å²) >= 11 is 11.4. The summed E-state index contributed by atoms with van der Waals surface area (Å²) in [4.78, 5) is 0. The van der Waals surface area contributed by atoms with Crippen LogP contribution in [0.15, 0.2) is 59.7 Å². The number of hydrogen-bond acceptors (Lipinski definition) is 3. The maximum Gasteiger partial charge on any atom is 0.216 e. The van der Waals surface area contributed by atoms with E-state index < -0.39 is 0 Å². The van der Waals surface area contributed by atoms with E-state index in [9.17, 15) is 0 Å². The Morgan fingerprint density at radius 3 is 2.57 bits per heavy atom. The van der Waals surface area contributed by atoms with E-state index in [1.54, 1.807) is 17.0 Å². The molecule has 0 unspecified atom stereocenters. The summed E-state index contributed by atoms with van der Waals surface area (Å²) in [6.07, 6.45) is 1.73. The fourth-order valence-corrected chi connectivity index (χ4v) is 2.28. The van der Waals surface area contributed by atoms with Crippen LogP contribution in [0.5, 0.6) is 0 Å². The van der Waals surface area contributed by atoms with Gasteiger partial charge in [-0.2, -0.15) is 14.9 Å². The lowest BCUT2D eigenvalue weighted by Crippen LogP contribution is -1.95.